The van der Waals surface area contributed by atoms with Crippen LogP contribution in [-0.2, 0) is 11.8 Å². The van der Waals surface area contributed by atoms with Crippen LogP contribution in [0, 0.1) is 17.7 Å². The van der Waals surface area contributed by atoms with Crippen LogP contribution < -0.4 is 5.73 Å². The number of anilines is 1. The second-order valence-corrected chi connectivity index (χ2v) is 8.85. The fraction of sp³-hybridized carbons (Fsp3) is 0.320. The number of halogens is 4. The van der Waals surface area contributed by atoms with E-state index in [1.165, 1.54) is 12.3 Å². The number of likely N-dealkylation sites (tertiary alicyclic amines) is 1. The molecule has 1 fully saturated rings. The van der Waals surface area contributed by atoms with Gasteiger partial charge in [-0.25, -0.2) is 14.4 Å². The highest BCUT2D eigenvalue weighted by Crippen LogP contribution is 2.33. The highest BCUT2D eigenvalue weighted by Gasteiger charge is 2.38. The zero-order chi connectivity index (χ0) is 26.3. The van der Waals surface area contributed by atoms with E-state index in [2.05, 4.69) is 38.2 Å². The first-order chi connectivity index (χ1) is 17.6. The lowest BCUT2D eigenvalue weighted by Crippen LogP contribution is -2.35. The predicted octanol–water partition coefficient (Wildman–Crippen LogP) is 3.78. The molecule has 2 atom stereocenters. The molecule has 2 N–H and O–H groups in total. The molecule has 0 saturated carbocycles. The van der Waals surface area contributed by atoms with Crippen molar-refractivity contribution in [3.05, 3.63) is 60.5 Å². The molecule has 1 aliphatic rings. The summed E-state index contributed by atoms with van der Waals surface area (Å²) in [4.78, 5) is 10.2. The maximum absolute atomic E-state index is 14.7. The fourth-order valence-electron chi connectivity index (χ4n) is 4.74. The van der Waals surface area contributed by atoms with E-state index >= 15 is 0 Å². The number of hydrogen-bond acceptors (Lipinski definition) is 6. The normalized spacial score (nSPS) is 18.4. The Bertz CT molecular complexity index is 1550. The van der Waals surface area contributed by atoms with Gasteiger partial charge < -0.3 is 10.3 Å². The van der Waals surface area contributed by atoms with Gasteiger partial charge in [0, 0.05) is 38.4 Å². The molecule has 1 saturated heterocycles. The van der Waals surface area contributed by atoms with Gasteiger partial charge in [0.05, 0.1) is 46.5 Å². The second-order valence-electron chi connectivity index (χ2n) is 8.85. The number of nitrogen functional groups attached to an aromatic ring is 1. The van der Waals surface area contributed by atoms with Crippen LogP contribution in [0.1, 0.15) is 23.7 Å². The number of fused-ring (bicyclic) bond motifs is 2. The number of aryl methyl sites for hydroxylation is 1. The summed E-state index contributed by atoms with van der Waals surface area (Å²) < 4.78 is 60.3. The molecule has 4 aromatic rings. The van der Waals surface area contributed by atoms with Crippen LogP contribution in [0.5, 0.6) is 0 Å². The second kappa shape index (κ2) is 9.49. The average molecular weight is 513 g/mol. The number of alkyl halides is 3. The van der Waals surface area contributed by atoms with Crippen molar-refractivity contribution < 1.29 is 22.3 Å². The van der Waals surface area contributed by atoms with Crippen molar-refractivity contribution in [1.29, 1.82) is 0 Å². The van der Waals surface area contributed by atoms with Gasteiger partial charge in [-0.3, -0.25) is 14.3 Å². The average Bonchev–Trinajstić information content (AvgIpc) is 3.52. The maximum atomic E-state index is 14.7. The highest BCUT2D eigenvalue weighted by atomic mass is 19.4. The summed E-state index contributed by atoms with van der Waals surface area (Å²) in [7, 11) is 1.77. The summed E-state index contributed by atoms with van der Waals surface area (Å²) in [5.74, 6) is 5.44. The number of imidazole rings is 1. The maximum Gasteiger partial charge on any atom is 0.522 e. The van der Waals surface area contributed by atoms with Gasteiger partial charge in [-0.2, -0.15) is 5.10 Å². The molecule has 0 spiro atoms. The molecule has 0 unspecified atom stereocenters. The van der Waals surface area contributed by atoms with Crippen molar-refractivity contribution in [2.45, 2.75) is 24.9 Å². The number of pyridine rings is 1. The molecule has 3 aromatic heterocycles. The molecule has 4 heterocycles. The summed E-state index contributed by atoms with van der Waals surface area (Å²) in [6.07, 6.45) is 0.402. The standard InChI is InChI=1S/C25H23F4N7O/c1-3-8-35-12-16(10-17(35)13-37-25(27,28)29)36-21-6-7-31-24(30)23(21)19(33-36)5-4-15-9-20-22(11-18(15)26)34(2)14-32-20/h3,6-7,9,11,14,16-17H,1,8,10,12-13H2,2H3,(H2,30,31)/t16-,17+/m0/s1. The third kappa shape index (κ3) is 4.87. The van der Waals surface area contributed by atoms with E-state index < -0.39 is 24.8 Å². The van der Waals surface area contributed by atoms with Gasteiger partial charge in [-0.05, 0) is 24.5 Å². The number of ether oxygens (including phenoxy) is 1. The van der Waals surface area contributed by atoms with E-state index in [1.54, 1.807) is 40.8 Å². The molecule has 0 amide bonds. The molecule has 192 valence electrons. The summed E-state index contributed by atoms with van der Waals surface area (Å²) >= 11 is 0. The van der Waals surface area contributed by atoms with Crippen molar-refractivity contribution in [2.75, 3.05) is 25.4 Å². The summed E-state index contributed by atoms with van der Waals surface area (Å²) in [5, 5.41) is 5.15. The molecule has 0 aliphatic carbocycles. The van der Waals surface area contributed by atoms with E-state index in [9.17, 15) is 17.6 Å². The third-order valence-electron chi connectivity index (χ3n) is 6.43. The predicted molar refractivity (Wildman–Crippen MR) is 130 cm³/mol. The minimum absolute atomic E-state index is 0.152. The van der Waals surface area contributed by atoms with Crippen molar-refractivity contribution in [2.24, 2.45) is 7.05 Å². The minimum Gasteiger partial charge on any atom is -0.383 e. The smallest absolute Gasteiger partial charge is 0.383 e. The third-order valence-corrected chi connectivity index (χ3v) is 6.43. The highest BCUT2D eigenvalue weighted by molar-refractivity contribution is 5.93. The molecule has 1 aromatic carbocycles. The van der Waals surface area contributed by atoms with Crippen LogP contribution in [0.4, 0.5) is 23.4 Å². The Balaban J connectivity index is 1.51. The van der Waals surface area contributed by atoms with Crippen molar-refractivity contribution >= 4 is 27.8 Å². The Kier molecular flexibility index (Phi) is 6.35. The summed E-state index contributed by atoms with van der Waals surface area (Å²) in [6.45, 7) is 4.02. The zero-order valence-corrected chi connectivity index (χ0v) is 19.8. The monoisotopic (exact) mass is 513 g/mol. The van der Waals surface area contributed by atoms with Crippen LogP contribution in [-0.4, -0.2) is 61.3 Å². The lowest BCUT2D eigenvalue weighted by molar-refractivity contribution is -0.327. The van der Waals surface area contributed by atoms with Crippen LogP contribution >= 0.6 is 0 Å². The van der Waals surface area contributed by atoms with Gasteiger partial charge in [0.1, 0.15) is 17.3 Å². The number of nitrogens with two attached hydrogens (primary N) is 1. The molecule has 8 nitrogen and oxygen atoms in total. The first-order valence-corrected chi connectivity index (χ1v) is 11.5. The molecule has 0 bridgehead atoms. The summed E-state index contributed by atoms with van der Waals surface area (Å²) in [6, 6.07) is 3.89. The van der Waals surface area contributed by atoms with E-state index in [0.717, 1.165) is 0 Å². The number of aromatic nitrogens is 5. The molecule has 37 heavy (non-hydrogen) atoms. The number of benzene rings is 1. The van der Waals surface area contributed by atoms with Crippen molar-refractivity contribution in [3.63, 3.8) is 0 Å². The van der Waals surface area contributed by atoms with Gasteiger partial charge >= 0.3 is 6.36 Å². The molecular weight excluding hydrogens is 490 g/mol. The van der Waals surface area contributed by atoms with Crippen molar-refractivity contribution in [1.82, 2.24) is 29.2 Å². The van der Waals surface area contributed by atoms with Gasteiger partial charge in [0.2, 0.25) is 0 Å². The lowest BCUT2D eigenvalue weighted by atomic mass is 10.1. The minimum atomic E-state index is -4.72. The molecule has 12 heteroatoms. The lowest BCUT2D eigenvalue weighted by Gasteiger charge is -2.22. The van der Waals surface area contributed by atoms with E-state index in [1.807, 2.05) is 4.90 Å². The van der Waals surface area contributed by atoms with Gasteiger partial charge in [-0.15, -0.1) is 19.8 Å². The first-order valence-electron chi connectivity index (χ1n) is 11.5. The topological polar surface area (TPSA) is 87.0 Å². The van der Waals surface area contributed by atoms with E-state index in [0.29, 0.717) is 47.1 Å². The van der Waals surface area contributed by atoms with Gasteiger partial charge in [0.15, 0.2) is 0 Å². The Morgan fingerprint density at radius 2 is 2.05 bits per heavy atom. The quantitative estimate of drug-likeness (QED) is 0.248. The van der Waals surface area contributed by atoms with Gasteiger partial charge in [0.25, 0.3) is 0 Å². The molecule has 0 radical (unpaired) electrons. The fourth-order valence-corrected chi connectivity index (χ4v) is 4.74. The van der Waals surface area contributed by atoms with Crippen LogP contribution in [0.2, 0.25) is 0 Å². The molecule has 1 aliphatic heterocycles. The van der Waals surface area contributed by atoms with Crippen LogP contribution in [0.15, 0.2) is 43.4 Å². The summed E-state index contributed by atoms with van der Waals surface area (Å²) in [5.41, 5.74) is 8.48. The SMILES string of the molecule is C=CCN1C[C@@H](n2nc(C#Cc3cc4ncn(C)c4cc3F)c3c(N)nccc32)C[C@@H]1COC(F)(F)F. The van der Waals surface area contributed by atoms with Gasteiger partial charge in [-0.1, -0.05) is 12.0 Å². The zero-order valence-electron chi connectivity index (χ0n) is 19.8. The van der Waals surface area contributed by atoms with Crippen LogP contribution in [0.25, 0.3) is 21.9 Å². The first kappa shape index (κ1) is 24.7. The van der Waals surface area contributed by atoms with E-state index in [4.69, 9.17) is 5.73 Å². The van der Waals surface area contributed by atoms with E-state index in [-0.39, 0.29) is 17.4 Å². The van der Waals surface area contributed by atoms with Crippen molar-refractivity contribution in [3.8, 4) is 11.8 Å². The number of hydrogen-bond donors (Lipinski definition) is 1. The molecular formula is C25H23F4N7O. The number of rotatable bonds is 5. The molecule has 5 rings (SSSR count). The van der Waals surface area contributed by atoms with Crippen LogP contribution in [0.3, 0.4) is 0 Å². The Labute approximate surface area is 209 Å². The Hall–Kier alpha value is -3.95. The number of nitrogens with zero attached hydrogens (tertiary/aromatic N) is 6. The Morgan fingerprint density at radius 1 is 1.24 bits per heavy atom. The largest absolute Gasteiger partial charge is 0.522 e. The Morgan fingerprint density at radius 3 is 2.81 bits per heavy atom.